The fourth-order valence-corrected chi connectivity index (χ4v) is 11.8. The fraction of sp³-hybridized carbons (Fsp3) is 0.841. The number of carboxylic acid groups (broad SMARTS) is 1. The Morgan fingerprint density at radius 2 is 0.626 bits per heavy atom. The van der Waals surface area contributed by atoms with Gasteiger partial charge >= 0.3 is 17.9 Å². The summed E-state index contributed by atoms with van der Waals surface area (Å²) in [5.41, 5.74) is 0. The molecule has 0 aromatic carbocycles. The highest BCUT2D eigenvalue weighted by Gasteiger charge is 2.25. The average molecular weight is 1280 g/mol. The van der Waals surface area contributed by atoms with Gasteiger partial charge in [0, 0.05) is 12.8 Å². The molecule has 0 amide bonds. The van der Waals surface area contributed by atoms with E-state index in [0.29, 0.717) is 17.4 Å². The molecule has 2 unspecified atom stereocenters. The first-order valence-corrected chi connectivity index (χ1v) is 39.5. The van der Waals surface area contributed by atoms with Crippen LogP contribution in [0.4, 0.5) is 0 Å². The number of unbranched alkanes of at least 4 members (excludes halogenated alkanes) is 49. The number of aliphatic carboxylic acids is 1. The summed E-state index contributed by atoms with van der Waals surface area (Å²) in [6, 6.07) is 0. The minimum atomic E-state index is -1.51. The van der Waals surface area contributed by atoms with Crippen molar-refractivity contribution in [3.05, 3.63) is 60.8 Å². The first-order valence-electron chi connectivity index (χ1n) is 39.5. The zero-order valence-electron chi connectivity index (χ0n) is 61.0. The maximum atomic E-state index is 13.0. The molecule has 532 valence electrons. The monoisotopic (exact) mass is 1280 g/mol. The van der Waals surface area contributed by atoms with Crippen LogP contribution in [0.3, 0.4) is 0 Å². The van der Waals surface area contributed by atoms with Gasteiger partial charge in [-0.2, -0.15) is 0 Å². The molecule has 0 saturated carbocycles. The topological polar surface area (TPSA) is 108 Å². The molecule has 9 heteroatoms. The van der Waals surface area contributed by atoms with E-state index < -0.39 is 18.4 Å². The lowest BCUT2D eigenvalue weighted by molar-refractivity contribution is -0.870. The smallest absolute Gasteiger partial charge is 0.361 e. The number of quaternary nitrogens is 1. The van der Waals surface area contributed by atoms with Crippen LogP contribution in [-0.4, -0.2) is 87.4 Å². The predicted molar refractivity (Wildman–Crippen MR) is 392 cm³/mol. The summed E-state index contributed by atoms with van der Waals surface area (Å²) in [6.07, 6.45) is 93.8. The Bertz CT molecular complexity index is 1680. The van der Waals surface area contributed by atoms with Gasteiger partial charge in [0.05, 0.1) is 34.4 Å². The first-order chi connectivity index (χ1) is 44.6. The second kappa shape index (κ2) is 72.8. The molecule has 2 atom stereocenters. The lowest BCUT2D eigenvalue weighted by atomic mass is 10.0. The third-order valence-corrected chi connectivity index (χ3v) is 17.8. The molecule has 0 heterocycles. The largest absolute Gasteiger partial charge is 0.477 e. The lowest BCUT2D eigenvalue weighted by Crippen LogP contribution is -2.40. The SMILES string of the molecule is CC/C=C\C/C=C\C/C=C\C/C=C\CCCCCCCCCCCCCCCCCCC(=O)OC(COC(=O)CCCCCCCCCCCCCCCCCCCCCCCCCCC/C=C\CCCCCCCCCC)COC(OCC[N+](C)(C)C)C(=O)O. The highest BCUT2D eigenvalue weighted by molar-refractivity contribution is 5.71. The summed E-state index contributed by atoms with van der Waals surface area (Å²) < 4.78 is 23.1. The van der Waals surface area contributed by atoms with E-state index in [0.717, 1.165) is 64.2 Å². The number of esters is 2. The van der Waals surface area contributed by atoms with E-state index in [4.69, 9.17) is 18.9 Å². The van der Waals surface area contributed by atoms with Gasteiger partial charge in [-0.05, 0) is 77.0 Å². The summed E-state index contributed by atoms with van der Waals surface area (Å²) in [5.74, 6) is -1.98. The molecular weight excluding hydrogens is 1130 g/mol. The summed E-state index contributed by atoms with van der Waals surface area (Å²) in [4.78, 5) is 37.7. The Kier molecular flexibility index (Phi) is 70.4. The predicted octanol–water partition coefficient (Wildman–Crippen LogP) is 25.0. The van der Waals surface area contributed by atoms with Crippen molar-refractivity contribution in [3.63, 3.8) is 0 Å². The van der Waals surface area contributed by atoms with Crippen LogP contribution in [0.25, 0.3) is 0 Å². The lowest BCUT2D eigenvalue weighted by Gasteiger charge is -2.25. The van der Waals surface area contributed by atoms with Gasteiger partial charge in [0.15, 0.2) is 6.10 Å². The highest BCUT2D eigenvalue weighted by atomic mass is 16.7. The number of hydrogen-bond donors (Lipinski definition) is 1. The van der Waals surface area contributed by atoms with E-state index in [1.54, 1.807) is 0 Å². The minimum Gasteiger partial charge on any atom is -0.477 e. The fourth-order valence-electron chi connectivity index (χ4n) is 11.8. The first kappa shape index (κ1) is 88.0. The molecule has 0 aromatic rings. The molecule has 1 N–H and O–H groups in total. The van der Waals surface area contributed by atoms with Crippen LogP contribution in [0, 0.1) is 0 Å². The van der Waals surface area contributed by atoms with E-state index in [9.17, 15) is 19.5 Å². The molecule has 0 radical (unpaired) electrons. The third kappa shape index (κ3) is 74.3. The standard InChI is InChI=1S/C82H151NO8/c1-6-8-10-12-14-16-18-20-22-24-26-28-30-32-34-36-37-38-39-40-41-42-43-45-46-48-50-52-54-56-58-60-62-64-66-68-70-72-79(84)89-76-78(77-90-82(81(86)87)88-75-74-83(3,4)5)91-80(85)73-71-69-67-65-63-61-59-57-55-53-51-49-47-44-35-33-31-29-27-25-23-21-19-17-15-13-11-9-7-2/h9,11,15,17,21,23-24,26-27,29,78,82H,6-8,10,12-14,16,18-20,22,25,28,30-77H2,1-5H3/p+1/b11-9-,17-15-,23-21-,26-24-,29-27-. The summed E-state index contributed by atoms with van der Waals surface area (Å²) >= 11 is 0. The van der Waals surface area contributed by atoms with Crippen molar-refractivity contribution in [2.24, 2.45) is 0 Å². The summed E-state index contributed by atoms with van der Waals surface area (Å²) in [7, 11) is 5.99. The van der Waals surface area contributed by atoms with Gasteiger partial charge in [0.1, 0.15) is 13.2 Å². The highest BCUT2D eigenvalue weighted by Crippen LogP contribution is 2.19. The number of rotatable bonds is 74. The average Bonchev–Trinajstić information content (AvgIpc) is 3.66. The molecule has 0 aromatic heterocycles. The molecule has 0 fully saturated rings. The van der Waals surface area contributed by atoms with Crippen molar-refractivity contribution in [2.45, 2.75) is 399 Å². The van der Waals surface area contributed by atoms with Crippen LogP contribution >= 0.6 is 0 Å². The van der Waals surface area contributed by atoms with Crippen molar-refractivity contribution >= 4 is 17.9 Å². The Morgan fingerprint density at radius 3 is 0.945 bits per heavy atom. The van der Waals surface area contributed by atoms with Gasteiger partial charge in [-0.15, -0.1) is 0 Å². The van der Waals surface area contributed by atoms with E-state index in [-0.39, 0.29) is 38.2 Å². The number of hydrogen-bond acceptors (Lipinski definition) is 7. The number of carbonyl (C=O) groups is 3. The molecule has 0 bridgehead atoms. The van der Waals surface area contributed by atoms with E-state index in [1.807, 2.05) is 21.1 Å². The van der Waals surface area contributed by atoms with Gasteiger partial charge in [0.2, 0.25) is 0 Å². The van der Waals surface area contributed by atoms with Crippen molar-refractivity contribution < 1.29 is 42.9 Å². The van der Waals surface area contributed by atoms with Crippen molar-refractivity contribution in [1.29, 1.82) is 0 Å². The summed E-state index contributed by atoms with van der Waals surface area (Å²) in [5, 5.41) is 9.77. The van der Waals surface area contributed by atoms with Crippen molar-refractivity contribution in [3.8, 4) is 0 Å². The number of ether oxygens (including phenoxy) is 4. The van der Waals surface area contributed by atoms with Crippen LogP contribution in [0.5, 0.6) is 0 Å². The van der Waals surface area contributed by atoms with Crippen LogP contribution in [0.1, 0.15) is 386 Å². The second-order valence-electron chi connectivity index (χ2n) is 28.0. The van der Waals surface area contributed by atoms with Crippen molar-refractivity contribution in [1.82, 2.24) is 0 Å². The normalized spacial score (nSPS) is 12.9. The number of nitrogens with zero attached hydrogens (tertiary/aromatic N) is 1. The van der Waals surface area contributed by atoms with E-state index in [2.05, 4.69) is 74.6 Å². The van der Waals surface area contributed by atoms with E-state index >= 15 is 0 Å². The molecule has 0 saturated heterocycles. The van der Waals surface area contributed by atoms with Gasteiger partial charge < -0.3 is 28.5 Å². The van der Waals surface area contributed by atoms with Gasteiger partial charge in [-0.3, -0.25) is 9.59 Å². The zero-order chi connectivity index (χ0) is 66.1. The maximum Gasteiger partial charge on any atom is 0.361 e. The third-order valence-electron chi connectivity index (χ3n) is 17.8. The number of likely N-dealkylation sites (N-methyl/N-ethyl adjacent to an activating group) is 1. The minimum absolute atomic E-state index is 0.178. The van der Waals surface area contributed by atoms with Crippen LogP contribution in [-0.2, 0) is 33.3 Å². The molecule has 0 aliphatic rings. The Morgan fingerprint density at radius 1 is 0.341 bits per heavy atom. The van der Waals surface area contributed by atoms with Gasteiger partial charge in [-0.1, -0.05) is 357 Å². The molecule has 0 aliphatic carbocycles. The van der Waals surface area contributed by atoms with Crippen LogP contribution in [0.15, 0.2) is 60.8 Å². The Hall–Kier alpha value is -3.01. The Labute approximate surface area is 565 Å². The number of carboxylic acids is 1. The van der Waals surface area contributed by atoms with Crippen LogP contribution in [0.2, 0.25) is 0 Å². The van der Waals surface area contributed by atoms with Gasteiger partial charge in [0.25, 0.3) is 6.29 Å². The Balaban J connectivity index is 3.97. The second-order valence-corrected chi connectivity index (χ2v) is 28.0. The maximum absolute atomic E-state index is 13.0. The molecule has 91 heavy (non-hydrogen) atoms. The zero-order valence-corrected chi connectivity index (χ0v) is 61.0. The van der Waals surface area contributed by atoms with Gasteiger partial charge in [-0.25, -0.2) is 4.79 Å². The molecule has 0 rings (SSSR count). The summed E-state index contributed by atoms with van der Waals surface area (Å²) in [6.45, 7) is 4.83. The number of allylic oxidation sites excluding steroid dienone is 10. The van der Waals surface area contributed by atoms with Crippen LogP contribution < -0.4 is 0 Å². The molecule has 0 spiro atoms. The molecular formula is C82H152NO8+. The molecule has 0 aliphatic heterocycles. The number of carbonyl (C=O) groups excluding carboxylic acids is 2. The van der Waals surface area contributed by atoms with Crippen molar-refractivity contribution in [2.75, 3.05) is 47.5 Å². The quantitative estimate of drug-likeness (QED) is 0.0211. The van der Waals surface area contributed by atoms with E-state index in [1.165, 1.54) is 295 Å². The molecule has 9 nitrogen and oxygen atoms in total.